The molecule has 0 amide bonds. The summed E-state index contributed by atoms with van der Waals surface area (Å²) in [6, 6.07) is 12.8. The van der Waals surface area contributed by atoms with Gasteiger partial charge in [0.2, 0.25) is 0 Å². The third kappa shape index (κ3) is 4.17. The molecule has 0 atom stereocenters. The van der Waals surface area contributed by atoms with E-state index in [4.69, 9.17) is 9.47 Å². The molecule has 2 aromatic carbocycles. The molecule has 0 saturated heterocycles. The van der Waals surface area contributed by atoms with Gasteiger partial charge < -0.3 is 19.5 Å². The normalized spacial score (nSPS) is 10.3. The van der Waals surface area contributed by atoms with Crippen LogP contribution in [0, 0.1) is 0 Å². The standard InChI is InChI=1S/C15H17BO4S/c1-19-13-5-8-15(16(17)18)11(9-13)10-20-12-3-6-14(21-2)7-4-12/h3-9,17-18H,10H2,1-2H3. The minimum Gasteiger partial charge on any atom is -0.497 e. The van der Waals surface area contributed by atoms with Crippen LogP contribution in [-0.4, -0.2) is 30.5 Å². The summed E-state index contributed by atoms with van der Waals surface area (Å²) in [5.74, 6) is 1.38. The van der Waals surface area contributed by atoms with Crippen LogP contribution in [0.3, 0.4) is 0 Å². The fourth-order valence-electron chi connectivity index (χ4n) is 1.92. The second-order valence-electron chi connectivity index (χ2n) is 4.40. The van der Waals surface area contributed by atoms with E-state index in [2.05, 4.69) is 0 Å². The molecular weight excluding hydrogens is 287 g/mol. The maximum Gasteiger partial charge on any atom is 0.488 e. The summed E-state index contributed by atoms with van der Waals surface area (Å²) in [6.07, 6.45) is 2.01. The Bertz CT molecular complexity index is 587. The van der Waals surface area contributed by atoms with E-state index >= 15 is 0 Å². The minimum atomic E-state index is -1.53. The highest BCUT2D eigenvalue weighted by Gasteiger charge is 2.17. The third-order valence-corrected chi connectivity index (χ3v) is 3.83. The molecule has 2 N–H and O–H groups in total. The summed E-state index contributed by atoms with van der Waals surface area (Å²) in [5, 5.41) is 18.8. The van der Waals surface area contributed by atoms with Crippen molar-refractivity contribution in [3.05, 3.63) is 48.0 Å². The SMILES string of the molecule is COc1ccc(B(O)O)c(COc2ccc(SC)cc2)c1. The summed E-state index contributed by atoms with van der Waals surface area (Å²) in [7, 11) is 0.0317. The van der Waals surface area contributed by atoms with Crippen molar-refractivity contribution in [1.82, 2.24) is 0 Å². The molecule has 2 rings (SSSR count). The lowest BCUT2D eigenvalue weighted by atomic mass is 9.77. The zero-order chi connectivity index (χ0) is 15.2. The first-order valence-electron chi connectivity index (χ1n) is 6.44. The van der Waals surface area contributed by atoms with Gasteiger partial charge in [0.1, 0.15) is 18.1 Å². The van der Waals surface area contributed by atoms with E-state index in [1.165, 1.54) is 0 Å². The van der Waals surface area contributed by atoms with E-state index in [1.54, 1.807) is 37.1 Å². The van der Waals surface area contributed by atoms with Crippen LogP contribution in [-0.2, 0) is 6.61 Å². The molecular formula is C15H17BO4S. The number of methoxy groups -OCH3 is 1. The summed E-state index contributed by atoms with van der Waals surface area (Å²) in [6.45, 7) is 0.239. The van der Waals surface area contributed by atoms with Gasteiger partial charge in [-0.05, 0) is 53.7 Å². The zero-order valence-electron chi connectivity index (χ0n) is 11.9. The van der Waals surface area contributed by atoms with Crippen LogP contribution in [0.5, 0.6) is 11.5 Å². The number of benzene rings is 2. The van der Waals surface area contributed by atoms with Gasteiger partial charge >= 0.3 is 7.12 Å². The fraction of sp³-hybridized carbons (Fsp3) is 0.200. The van der Waals surface area contributed by atoms with Gasteiger partial charge in [0.25, 0.3) is 0 Å². The summed E-state index contributed by atoms with van der Waals surface area (Å²) < 4.78 is 10.8. The molecule has 0 aliphatic heterocycles. The predicted molar refractivity (Wildman–Crippen MR) is 85.4 cm³/mol. The van der Waals surface area contributed by atoms with Crippen molar-refractivity contribution in [3.8, 4) is 11.5 Å². The average molecular weight is 304 g/mol. The average Bonchev–Trinajstić information content (AvgIpc) is 2.52. The molecule has 21 heavy (non-hydrogen) atoms. The van der Waals surface area contributed by atoms with Gasteiger partial charge in [0.15, 0.2) is 0 Å². The molecule has 0 aliphatic rings. The van der Waals surface area contributed by atoms with Gasteiger partial charge in [-0.15, -0.1) is 11.8 Å². The van der Waals surface area contributed by atoms with Gasteiger partial charge in [-0.3, -0.25) is 0 Å². The van der Waals surface area contributed by atoms with Crippen LogP contribution in [0.2, 0.25) is 0 Å². The molecule has 0 unspecified atom stereocenters. The lowest BCUT2D eigenvalue weighted by molar-refractivity contribution is 0.305. The Morgan fingerprint density at radius 3 is 2.29 bits per heavy atom. The van der Waals surface area contributed by atoms with E-state index in [0.717, 1.165) is 10.6 Å². The molecule has 0 saturated carbocycles. The Labute approximate surface area is 128 Å². The summed E-state index contributed by atoms with van der Waals surface area (Å²) >= 11 is 1.67. The highest BCUT2D eigenvalue weighted by atomic mass is 32.2. The topological polar surface area (TPSA) is 58.9 Å². The van der Waals surface area contributed by atoms with Crippen molar-refractivity contribution >= 4 is 24.3 Å². The molecule has 0 aliphatic carbocycles. The molecule has 110 valence electrons. The molecule has 0 bridgehead atoms. The molecule has 0 radical (unpaired) electrons. The molecule has 2 aromatic rings. The van der Waals surface area contributed by atoms with Crippen LogP contribution in [0.1, 0.15) is 5.56 Å². The van der Waals surface area contributed by atoms with E-state index in [1.807, 2.05) is 30.5 Å². The Kier molecular flexibility index (Phi) is 5.55. The number of hydrogen-bond donors (Lipinski definition) is 2. The Morgan fingerprint density at radius 2 is 1.71 bits per heavy atom. The third-order valence-electron chi connectivity index (χ3n) is 3.08. The zero-order valence-corrected chi connectivity index (χ0v) is 12.8. The van der Waals surface area contributed by atoms with Gasteiger partial charge in [0, 0.05) is 4.90 Å². The predicted octanol–water partition coefficient (Wildman–Crippen LogP) is 1.68. The van der Waals surface area contributed by atoms with E-state index in [9.17, 15) is 10.0 Å². The highest BCUT2D eigenvalue weighted by Crippen LogP contribution is 2.20. The fourth-order valence-corrected chi connectivity index (χ4v) is 2.33. The largest absolute Gasteiger partial charge is 0.497 e. The van der Waals surface area contributed by atoms with E-state index in [0.29, 0.717) is 16.8 Å². The molecule has 0 heterocycles. The molecule has 6 heteroatoms. The van der Waals surface area contributed by atoms with Crippen LogP contribution in [0.4, 0.5) is 0 Å². The van der Waals surface area contributed by atoms with Crippen molar-refractivity contribution < 1.29 is 19.5 Å². The quantitative estimate of drug-likeness (QED) is 0.628. The smallest absolute Gasteiger partial charge is 0.488 e. The van der Waals surface area contributed by atoms with Crippen molar-refractivity contribution in [3.63, 3.8) is 0 Å². The summed E-state index contributed by atoms with van der Waals surface area (Å²) in [4.78, 5) is 1.16. The van der Waals surface area contributed by atoms with Crippen LogP contribution in [0.15, 0.2) is 47.4 Å². The van der Waals surface area contributed by atoms with Crippen LogP contribution < -0.4 is 14.9 Å². The Hall–Kier alpha value is -1.63. The maximum absolute atomic E-state index is 9.39. The van der Waals surface area contributed by atoms with E-state index in [-0.39, 0.29) is 6.61 Å². The van der Waals surface area contributed by atoms with Gasteiger partial charge in [-0.1, -0.05) is 6.07 Å². The molecule has 4 nitrogen and oxygen atoms in total. The lowest BCUT2D eigenvalue weighted by Gasteiger charge is -2.12. The second kappa shape index (κ2) is 7.40. The number of rotatable bonds is 6. The van der Waals surface area contributed by atoms with Crippen LogP contribution >= 0.6 is 11.8 Å². The first-order chi connectivity index (χ1) is 10.1. The number of thioether (sulfide) groups is 1. The summed E-state index contributed by atoms with van der Waals surface area (Å²) in [5.41, 5.74) is 1.09. The maximum atomic E-state index is 9.39. The molecule has 0 fully saturated rings. The van der Waals surface area contributed by atoms with Crippen molar-refractivity contribution in [1.29, 1.82) is 0 Å². The Morgan fingerprint density at radius 1 is 1.05 bits per heavy atom. The molecule has 0 spiro atoms. The minimum absolute atomic E-state index is 0.239. The van der Waals surface area contributed by atoms with Gasteiger partial charge in [-0.2, -0.15) is 0 Å². The first-order valence-corrected chi connectivity index (χ1v) is 7.66. The van der Waals surface area contributed by atoms with Crippen LogP contribution in [0.25, 0.3) is 0 Å². The number of hydrogen-bond acceptors (Lipinski definition) is 5. The highest BCUT2D eigenvalue weighted by molar-refractivity contribution is 7.98. The monoisotopic (exact) mass is 304 g/mol. The lowest BCUT2D eigenvalue weighted by Crippen LogP contribution is -2.33. The van der Waals surface area contributed by atoms with Crippen molar-refractivity contribution in [2.24, 2.45) is 0 Å². The van der Waals surface area contributed by atoms with Crippen molar-refractivity contribution in [2.45, 2.75) is 11.5 Å². The Balaban J connectivity index is 2.13. The second-order valence-corrected chi connectivity index (χ2v) is 5.28. The van der Waals surface area contributed by atoms with E-state index < -0.39 is 7.12 Å². The molecule has 0 aromatic heterocycles. The number of ether oxygens (including phenoxy) is 2. The van der Waals surface area contributed by atoms with Gasteiger partial charge in [-0.25, -0.2) is 0 Å². The van der Waals surface area contributed by atoms with Gasteiger partial charge in [0.05, 0.1) is 7.11 Å². The van der Waals surface area contributed by atoms with Crippen molar-refractivity contribution in [2.75, 3.05) is 13.4 Å². The first kappa shape index (κ1) is 15.8.